The van der Waals surface area contributed by atoms with E-state index in [1.165, 1.54) is 19.2 Å². The Hall–Kier alpha value is -2.80. The molecule has 160 valence electrons. The fourth-order valence-corrected chi connectivity index (χ4v) is 4.53. The van der Waals surface area contributed by atoms with Crippen LogP contribution in [0.2, 0.25) is 0 Å². The van der Waals surface area contributed by atoms with Gasteiger partial charge in [-0.15, -0.1) is 0 Å². The molecule has 2 atom stereocenters. The van der Waals surface area contributed by atoms with Gasteiger partial charge in [-0.2, -0.15) is 0 Å². The molecule has 0 saturated heterocycles. The number of carbonyl (C=O) groups is 1. The highest BCUT2D eigenvalue weighted by molar-refractivity contribution is 5.97. The van der Waals surface area contributed by atoms with Crippen molar-refractivity contribution in [3.05, 3.63) is 46.8 Å². The van der Waals surface area contributed by atoms with Crippen LogP contribution in [0, 0.1) is 5.82 Å². The Kier molecular flexibility index (Phi) is 5.32. The maximum atomic E-state index is 14.6. The smallest absolute Gasteiger partial charge is 0.231 e. The molecule has 2 aromatic carbocycles. The topological polar surface area (TPSA) is 54.0 Å². The fraction of sp³-hybridized carbons (Fsp3) is 0.435. The van der Waals surface area contributed by atoms with Gasteiger partial charge in [-0.1, -0.05) is 0 Å². The fourth-order valence-electron chi connectivity index (χ4n) is 4.53. The molecule has 0 radical (unpaired) electrons. The summed E-state index contributed by atoms with van der Waals surface area (Å²) in [6.45, 7) is 3.96. The number of likely N-dealkylation sites (N-methyl/N-ethyl adjacent to an activating group) is 1. The number of methoxy groups -OCH3 is 2. The monoisotopic (exact) mass is 416 g/mol. The van der Waals surface area contributed by atoms with Crippen molar-refractivity contribution >= 4 is 5.78 Å². The van der Waals surface area contributed by atoms with Crippen LogP contribution in [0.3, 0.4) is 0 Å². The van der Waals surface area contributed by atoms with Crippen LogP contribution in [0.25, 0.3) is 0 Å². The highest BCUT2D eigenvalue weighted by Gasteiger charge is 2.43. The second-order valence-electron chi connectivity index (χ2n) is 7.97. The van der Waals surface area contributed by atoms with E-state index in [1.807, 2.05) is 6.07 Å². The number of Topliss-reactive ketones (excluding diaryl/α,β-unsaturated/α-hetero) is 1. The molecule has 0 saturated carbocycles. The molecule has 0 aromatic heterocycles. The Morgan fingerprint density at radius 1 is 1.23 bits per heavy atom. The van der Waals surface area contributed by atoms with E-state index in [2.05, 4.69) is 14.0 Å². The zero-order chi connectivity index (χ0) is 21.5. The molecule has 2 unspecified atom stereocenters. The molecule has 4 rings (SSSR count). The van der Waals surface area contributed by atoms with Crippen molar-refractivity contribution in [2.45, 2.75) is 25.8 Å². The van der Waals surface area contributed by atoms with E-state index >= 15 is 0 Å². The van der Waals surface area contributed by atoms with Crippen LogP contribution in [0.5, 0.6) is 23.0 Å². The molecule has 2 aromatic rings. The Labute approximate surface area is 175 Å². The normalized spacial score (nSPS) is 21.8. The number of hydrogen-bond donors (Lipinski definition) is 0. The summed E-state index contributed by atoms with van der Waals surface area (Å²) in [6.07, 6.45) is 1.00. The molecule has 7 heteroatoms. The van der Waals surface area contributed by atoms with Gasteiger partial charge in [0.2, 0.25) is 12.5 Å². The van der Waals surface area contributed by atoms with Crippen molar-refractivity contribution in [1.29, 1.82) is 0 Å². The third-order valence-electron chi connectivity index (χ3n) is 6.50. The predicted molar refractivity (Wildman–Crippen MR) is 109 cm³/mol. The van der Waals surface area contributed by atoms with Crippen LogP contribution in [-0.4, -0.2) is 51.4 Å². The minimum absolute atomic E-state index is 0.0743. The molecule has 2 aliphatic rings. The number of carbonyl (C=O) groups excluding carboxylic acids is 1. The number of rotatable bonds is 6. The first-order valence-electron chi connectivity index (χ1n) is 10.1. The number of quaternary nitrogens is 1. The summed E-state index contributed by atoms with van der Waals surface area (Å²) >= 11 is 0. The van der Waals surface area contributed by atoms with Crippen LogP contribution in [0.15, 0.2) is 24.3 Å². The summed E-state index contributed by atoms with van der Waals surface area (Å²) in [5, 5.41) is 0. The minimum Gasteiger partial charge on any atom is -0.497 e. The van der Waals surface area contributed by atoms with Gasteiger partial charge in [0.05, 0.1) is 51.9 Å². The lowest BCUT2D eigenvalue weighted by Crippen LogP contribution is -2.51. The highest BCUT2D eigenvalue weighted by Crippen LogP contribution is 2.51. The van der Waals surface area contributed by atoms with Crippen LogP contribution in [0.4, 0.5) is 4.39 Å². The van der Waals surface area contributed by atoms with Gasteiger partial charge in [0.25, 0.3) is 0 Å². The number of hydrogen-bond acceptors (Lipinski definition) is 5. The van der Waals surface area contributed by atoms with Gasteiger partial charge in [0, 0.05) is 12.5 Å². The van der Waals surface area contributed by atoms with Crippen molar-refractivity contribution in [3.8, 4) is 23.0 Å². The van der Waals surface area contributed by atoms with Crippen LogP contribution in [0.1, 0.15) is 40.9 Å². The quantitative estimate of drug-likeness (QED) is 0.528. The number of ketones is 1. The van der Waals surface area contributed by atoms with E-state index in [-0.39, 0.29) is 30.6 Å². The van der Waals surface area contributed by atoms with Crippen LogP contribution in [-0.2, 0) is 6.42 Å². The van der Waals surface area contributed by atoms with Gasteiger partial charge in [0.15, 0.2) is 17.3 Å². The molecule has 0 fully saturated rings. The van der Waals surface area contributed by atoms with E-state index < -0.39 is 5.82 Å². The van der Waals surface area contributed by atoms with Gasteiger partial charge < -0.3 is 23.4 Å². The minimum atomic E-state index is -0.571. The van der Waals surface area contributed by atoms with E-state index in [1.54, 1.807) is 13.2 Å². The molecular formula is C23H27FNO5+. The SMILES string of the molecule is CC[N+]1(C)CCc2cc3c(c(OC)c2C1CC(=O)c1ccc(OC)cc1F)OCO3. The number of halogens is 1. The standard InChI is InChI=1S/C23H27FNO5/c1-5-25(2)9-8-14-10-20-22(30-13-29-20)23(28-4)21(14)18(25)12-19(26)16-7-6-15(27-3)11-17(16)24/h6-7,10-11,18H,5,8-9,12-13H2,1-4H3/q+1. The summed E-state index contributed by atoms with van der Waals surface area (Å²) in [5.41, 5.74) is 2.12. The summed E-state index contributed by atoms with van der Waals surface area (Å²) in [6, 6.07) is 6.15. The number of fused-ring (bicyclic) bond motifs is 2. The second-order valence-corrected chi connectivity index (χ2v) is 7.97. The summed E-state index contributed by atoms with van der Waals surface area (Å²) in [7, 11) is 5.20. The number of benzene rings is 2. The highest BCUT2D eigenvalue weighted by atomic mass is 19.1. The molecular weight excluding hydrogens is 389 g/mol. The molecule has 2 aliphatic heterocycles. The number of ether oxygens (including phenoxy) is 4. The van der Waals surface area contributed by atoms with Crippen molar-refractivity contribution < 1.29 is 32.6 Å². The molecule has 0 spiro atoms. The Morgan fingerprint density at radius 2 is 2.03 bits per heavy atom. The maximum Gasteiger partial charge on any atom is 0.231 e. The molecule has 30 heavy (non-hydrogen) atoms. The lowest BCUT2D eigenvalue weighted by Gasteiger charge is -2.45. The Bertz CT molecular complexity index is 992. The molecule has 0 aliphatic carbocycles. The van der Waals surface area contributed by atoms with Gasteiger partial charge in [0.1, 0.15) is 17.6 Å². The van der Waals surface area contributed by atoms with Crippen molar-refractivity contribution in [3.63, 3.8) is 0 Å². The lowest BCUT2D eigenvalue weighted by molar-refractivity contribution is -0.939. The van der Waals surface area contributed by atoms with Crippen LogP contribution >= 0.6 is 0 Å². The molecule has 0 N–H and O–H groups in total. The lowest BCUT2D eigenvalue weighted by atomic mass is 9.85. The Morgan fingerprint density at radius 3 is 2.70 bits per heavy atom. The average Bonchev–Trinajstić information content (AvgIpc) is 3.22. The summed E-state index contributed by atoms with van der Waals surface area (Å²) in [4.78, 5) is 13.2. The predicted octanol–water partition coefficient (Wildman–Crippen LogP) is 3.91. The van der Waals surface area contributed by atoms with E-state index in [0.717, 1.165) is 30.6 Å². The zero-order valence-electron chi connectivity index (χ0n) is 17.8. The van der Waals surface area contributed by atoms with Crippen molar-refractivity contribution in [1.82, 2.24) is 0 Å². The van der Waals surface area contributed by atoms with Crippen molar-refractivity contribution in [2.75, 3.05) is 41.1 Å². The van der Waals surface area contributed by atoms with Crippen LogP contribution < -0.4 is 18.9 Å². The van der Waals surface area contributed by atoms with E-state index in [9.17, 15) is 9.18 Å². The van der Waals surface area contributed by atoms with Gasteiger partial charge in [-0.05, 0) is 30.7 Å². The summed E-state index contributed by atoms with van der Waals surface area (Å²) in [5.74, 6) is 1.43. The molecule has 6 nitrogen and oxygen atoms in total. The first kappa shape index (κ1) is 20.5. The van der Waals surface area contributed by atoms with Gasteiger partial charge in [-0.25, -0.2) is 4.39 Å². The zero-order valence-corrected chi connectivity index (χ0v) is 17.8. The third kappa shape index (κ3) is 3.27. The first-order chi connectivity index (χ1) is 14.4. The first-order valence-corrected chi connectivity index (χ1v) is 10.1. The van der Waals surface area contributed by atoms with Gasteiger partial charge in [-0.3, -0.25) is 4.79 Å². The third-order valence-corrected chi connectivity index (χ3v) is 6.50. The largest absolute Gasteiger partial charge is 0.497 e. The van der Waals surface area contributed by atoms with Crippen molar-refractivity contribution in [2.24, 2.45) is 0 Å². The average molecular weight is 416 g/mol. The molecule has 2 heterocycles. The molecule has 0 bridgehead atoms. The van der Waals surface area contributed by atoms with Gasteiger partial charge >= 0.3 is 0 Å². The maximum absolute atomic E-state index is 14.6. The Balaban J connectivity index is 1.77. The summed E-state index contributed by atoms with van der Waals surface area (Å²) < 4.78 is 37.3. The van der Waals surface area contributed by atoms with E-state index in [4.69, 9.17) is 18.9 Å². The molecule has 0 amide bonds. The van der Waals surface area contributed by atoms with E-state index in [0.29, 0.717) is 27.5 Å². The number of nitrogens with zero attached hydrogens (tertiary/aromatic N) is 1. The second kappa shape index (κ2) is 7.80.